The van der Waals surface area contributed by atoms with Gasteiger partial charge in [-0.1, -0.05) is 49.4 Å². The molecule has 0 aromatic heterocycles. The first kappa shape index (κ1) is 29.1. The minimum Gasteiger partial charge on any atom is -0.493 e. The van der Waals surface area contributed by atoms with Crippen LogP contribution >= 0.6 is 0 Å². The highest BCUT2D eigenvalue weighted by Crippen LogP contribution is 2.19. The van der Waals surface area contributed by atoms with Gasteiger partial charge in [0.05, 0.1) is 12.2 Å². The summed E-state index contributed by atoms with van der Waals surface area (Å²) in [6.45, 7) is 6.28. The van der Waals surface area contributed by atoms with Crippen molar-refractivity contribution in [1.29, 1.82) is 0 Å². The standard InChI is InChI=1S/C30H39N5O5/c1-2-34-16-18-35(19-17-34)30(39)24-13-14-27(36)32-25(21-22-9-4-3-5-10-22)29(38)31-15-8-20-40-26-12-7-6-11-23(26)28(37)33-24/h3-7,9-12,24-25H,2,8,13-21H2,1H3,(H,31,38)(H,32,36)(H,33,37)/t24-,25-/m0/s1. The highest BCUT2D eigenvalue weighted by atomic mass is 16.5. The molecule has 0 unspecified atom stereocenters. The van der Waals surface area contributed by atoms with E-state index >= 15 is 0 Å². The SMILES string of the molecule is CCN1CCN(C(=O)[C@@H]2CCC(=O)N[C@@H](Cc3ccccc3)C(=O)NCCCOc3ccccc3C(=O)N2)CC1. The third-order valence-corrected chi connectivity index (χ3v) is 7.34. The maximum absolute atomic E-state index is 13.6. The van der Waals surface area contributed by atoms with Crippen molar-refractivity contribution in [2.24, 2.45) is 0 Å². The van der Waals surface area contributed by atoms with Gasteiger partial charge in [0.2, 0.25) is 17.7 Å². The predicted octanol–water partition coefficient (Wildman–Crippen LogP) is 1.36. The fraction of sp³-hybridized carbons (Fsp3) is 0.467. The summed E-state index contributed by atoms with van der Waals surface area (Å²) in [7, 11) is 0. The maximum atomic E-state index is 13.6. The van der Waals surface area contributed by atoms with Crippen molar-refractivity contribution >= 4 is 23.6 Å². The van der Waals surface area contributed by atoms with Crippen molar-refractivity contribution in [1.82, 2.24) is 25.8 Å². The lowest BCUT2D eigenvalue weighted by atomic mass is 10.0. The second kappa shape index (κ2) is 14.5. The third-order valence-electron chi connectivity index (χ3n) is 7.34. The molecule has 1 saturated heterocycles. The molecule has 3 N–H and O–H groups in total. The molecule has 0 spiro atoms. The quantitative estimate of drug-likeness (QED) is 0.530. The molecule has 2 atom stereocenters. The van der Waals surface area contributed by atoms with E-state index in [1.54, 1.807) is 29.2 Å². The molecule has 2 heterocycles. The molecule has 40 heavy (non-hydrogen) atoms. The van der Waals surface area contributed by atoms with E-state index in [1.165, 1.54) is 0 Å². The molecule has 2 aromatic rings. The molecule has 10 heteroatoms. The maximum Gasteiger partial charge on any atom is 0.255 e. The number of benzene rings is 2. The van der Waals surface area contributed by atoms with Crippen LogP contribution < -0.4 is 20.7 Å². The first-order valence-electron chi connectivity index (χ1n) is 14.1. The highest BCUT2D eigenvalue weighted by Gasteiger charge is 2.30. The smallest absolute Gasteiger partial charge is 0.255 e. The Morgan fingerprint density at radius 2 is 1.68 bits per heavy atom. The minimum atomic E-state index is -0.895. The van der Waals surface area contributed by atoms with E-state index in [-0.39, 0.29) is 37.2 Å². The Kier molecular flexibility index (Phi) is 10.5. The number of fused-ring (bicyclic) bond motifs is 1. The number of ether oxygens (including phenoxy) is 1. The van der Waals surface area contributed by atoms with Gasteiger partial charge in [-0.25, -0.2) is 0 Å². The molecule has 2 aliphatic rings. The van der Waals surface area contributed by atoms with E-state index in [1.807, 2.05) is 30.3 Å². The normalized spacial score (nSPS) is 21.8. The van der Waals surface area contributed by atoms with E-state index in [9.17, 15) is 19.2 Å². The first-order chi connectivity index (χ1) is 19.4. The predicted molar refractivity (Wildman–Crippen MR) is 151 cm³/mol. The molecular formula is C30H39N5O5. The van der Waals surface area contributed by atoms with Gasteiger partial charge in [-0.05, 0) is 37.1 Å². The van der Waals surface area contributed by atoms with Crippen molar-refractivity contribution in [3.63, 3.8) is 0 Å². The lowest BCUT2D eigenvalue weighted by Gasteiger charge is -2.36. The van der Waals surface area contributed by atoms with Crippen LogP contribution in [-0.2, 0) is 20.8 Å². The zero-order valence-electron chi connectivity index (χ0n) is 23.1. The summed E-state index contributed by atoms with van der Waals surface area (Å²) >= 11 is 0. The van der Waals surface area contributed by atoms with Crippen molar-refractivity contribution in [2.75, 3.05) is 45.9 Å². The minimum absolute atomic E-state index is 0.0255. The fourth-order valence-electron chi connectivity index (χ4n) is 4.97. The Bertz CT molecular complexity index is 1170. The van der Waals surface area contributed by atoms with Gasteiger partial charge < -0.3 is 30.5 Å². The topological polar surface area (TPSA) is 120 Å². The molecule has 0 aliphatic carbocycles. The zero-order valence-corrected chi connectivity index (χ0v) is 23.1. The van der Waals surface area contributed by atoms with Gasteiger partial charge in [-0.3, -0.25) is 19.2 Å². The average molecular weight is 550 g/mol. The number of hydrogen-bond donors (Lipinski definition) is 3. The summed E-state index contributed by atoms with van der Waals surface area (Å²) < 4.78 is 5.89. The highest BCUT2D eigenvalue weighted by molar-refractivity contribution is 5.99. The lowest BCUT2D eigenvalue weighted by Crippen LogP contribution is -2.55. The summed E-state index contributed by atoms with van der Waals surface area (Å²) in [6.07, 6.45) is 0.928. The molecule has 0 saturated carbocycles. The van der Waals surface area contributed by atoms with Crippen LogP contribution in [0.1, 0.15) is 42.1 Å². The Morgan fingerprint density at radius 3 is 2.42 bits per heavy atom. The van der Waals surface area contributed by atoms with Crippen LogP contribution in [-0.4, -0.2) is 91.4 Å². The van der Waals surface area contributed by atoms with Gasteiger partial charge in [0, 0.05) is 45.6 Å². The Labute approximate surface area is 235 Å². The van der Waals surface area contributed by atoms with Crippen molar-refractivity contribution in [2.45, 2.75) is 44.7 Å². The Hall–Kier alpha value is -3.92. The number of rotatable bonds is 4. The van der Waals surface area contributed by atoms with Gasteiger partial charge in [0.15, 0.2) is 0 Å². The molecule has 0 bridgehead atoms. The number of amides is 4. The van der Waals surface area contributed by atoms with E-state index in [4.69, 9.17) is 4.74 Å². The van der Waals surface area contributed by atoms with Gasteiger partial charge in [0.1, 0.15) is 17.8 Å². The van der Waals surface area contributed by atoms with E-state index in [2.05, 4.69) is 27.8 Å². The third kappa shape index (κ3) is 8.05. The number of hydrogen-bond acceptors (Lipinski definition) is 6. The summed E-state index contributed by atoms with van der Waals surface area (Å²) in [5, 5.41) is 8.61. The van der Waals surface area contributed by atoms with Crippen LogP contribution in [0, 0.1) is 0 Å². The second-order valence-electron chi connectivity index (χ2n) is 10.1. The largest absolute Gasteiger partial charge is 0.493 e. The van der Waals surface area contributed by atoms with Crippen LogP contribution in [0.2, 0.25) is 0 Å². The van der Waals surface area contributed by atoms with Gasteiger partial charge in [0.25, 0.3) is 5.91 Å². The second-order valence-corrected chi connectivity index (χ2v) is 10.1. The summed E-state index contributed by atoms with van der Waals surface area (Å²) in [5.41, 5.74) is 1.24. The molecule has 2 aliphatic heterocycles. The van der Waals surface area contributed by atoms with Crippen molar-refractivity contribution in [3.8, 4) is 5.75 Å². The number of nitrogens with zero attached hydrogens (tertiary/aromatic N) is 2. The Morgan fingerprint density at radius 1 is 0.950 bits per heavy atom. The summed E-state index contributed by atoms with van der Waals surface area (Å²) in [5.74, 6) is -0.867. The van der Waals surface area contributed by atoms with E-state index < -0.39 is 18.0 Å². The monoisotopic (exact) mass is 549 g/mol. The Balaban J connectivity index is 1.54. The zero-order chi connectivity index (χ0) is 28.3. The number of para-hydroxylation sites is 1. The van der Waals surface area contributed by atoms with Gasteiger partial charge >= 0.3 is 0 Å². The summed E-state index contributed by atoms with van der Waals surface area (Å²) in [6, 6.07) is 14.7. The first-order valence-corrected chi connectivity index (χ1v) is 14.1. The van der Waals surface area contributed by atoms with Crippen LogP contribution in [0.25, 0.3) is 0 Å². The van der Waals surface area contributed by atoms with Crippen LogP contribution in [0.3, 0.4) is 0 Å². The molecule has 1 fully saturated rings. The number of piperazine rings is 1. The molecule has 214 valence electrons. The molecule has 0 radical (unpaired) electrons. The number of nitrogens with one attached hydrogen (secondary N) is 3. The molecule has 4 rings (SSSR count). The van der Waals surface area contributed by atoms with E-state index in [0.29, 0.717) is 43.8 Å². The molecule has 2 aromatic carbocycles. The lowest BCUT2D eigenvalue weighted by molar-refractivity contribution is -0.135. The fourth-order valence-corrected chi connectivity index (χ4v) is 4.97. The number of carbonyl (C=O) groups excluding carboxylic acids is 4. The number of carbonyl (C=O) groups is 4. The van der Waals surface area contributed by atoms with Crippen LogP contribution in [0.4, 0.5) is 0 Å². The van der Waals surface area contributed by atoms with Crippen molar-refractivity contribution < 1.29 is 23.9 Å². The summed E-state index contributed by atoms with van der Waals surface area (Å²) in [4.78, 5) is 57.1. The average Bonchev–Trinajstić information content (AvgIpc) is 2.98. The van der Waals surface area contributed by atoms with Crippen LogP contribution in [0.15, 0.2) is 54.6 Å². The van der Waals surface area contributed by atoms with E-state index in [0.717, 1.165) is 25.2 Å². The van der Waals surface area contributed by atoms with Gasteiger partial charge in [-0.15, -0.1) is 0 Å². The number of likely N-dealkylation sites (N-methyl/N-ethyl adjacent to an activating group) is 1. The molecule has 10 nitrogen and oxygen atoms in total. The molecule has 4 amide bonds. The molecular weight excluding hydrogens is 510 g/mol. The van der Waals surface area contributed by atoms with Gasteiger partial charge in [-0.2, -0.15) is 0 Å². The van der Waals surface area contributed by atoms with Crippen LogP contribution in [0.5, 0.6) is 5.75 Å². The van der Waals surface area contributed by atoms with Crippen molar-refractivity contribution in [3.05, 3.63) is 65.7 Å².